The maximum absolute atomic E-state index is 11.8. The predicted molar refractivity (Wildman–Crippen MR) is 73.1 cm³/mol. The van der Waals surface area contributed by atoms with Crippen molar-refractivity contribution in [1.29, 1.82) is 0 Å². The Balaban J connectivity index is 1.88. The van der Waals surface area contributed by atoms with Crippen molar-refractivity contribution in [2.45, 2.75) is 38.5 Å². The summed E-state index contributed by atoms with van der Waals surface area (Å²) in [6.45, 7) is 10.9. The number of nitrogens with zero attached hydrogens (tertiary/aromatic N) is 2. The lowest BCUT2D eigenvalue weighted by Gasteiger charge is -2.52. The largest absolute Gasteiger partial charge is 0.337 e. The zero-order valence-electron chi connectivity index (χ0n) is 11.2. The highest BCUT2D eigenvalue weighted by atomic mass is 32.2. The number of thioether (sulfide) groups is 1. The van der Waals surface area contributed by atoms with Gasteiger partial charge in [0, 0.05) is 25.3 Å². The second-order valence-corrected chi connectivity index (χ2v) is 7.09. The van der Waals surface area contributed by atoms with Crippen LogP contribution >= 0.6 is 11.8 Å². The number of amides is 1. The van der Waals surface area contributed by atoms with Crippen molar-refractivity contribution in [3.8, 4) is 0 Å². The molecule has 4 heteroatoms. The molecule has 0 N–H and O–H groups in total. The fourth-order valence-electron chi connectivity index (χ4n) is 2.73. The molecule has 0 aromatic carbocycles. The number of likely N-dealkylation sites (tertiary alicyclic amines) is 1. The topological polar surface area (TPSA) is 23.6 Å². The molecule has 1 spiro atoms. The molecular weight excluding hydrogens is 232 g/mol. The first kappa shape index (κ1) is 13.2. The van der Waals surface area contributed by atoms with Gasteiger partial charge in [0.15, 0.2) is 0 Å². The van der Waals surface area contributed by atoms with Crippen molar-refractivity contribution in [3.05, 3.63) is 0 Å². The zero-order valence-corrected chi connectivity index (χ0v) is 12.1. The van der Waals surface area contributed by atoms with Crippen LogP contribution in [0.2, 0.25) is 0 Å². The Kier molecular flexibility index (Phi) is 4.03. The molecule has 0 radical (unpaired) electrons. The van der Waals surface area contributed by atoms with Gasteiger partial charge >= 0.3 is 0 Å². The number of carbonyl (C=O) groups is 1. The molecule has 2 aliphatic rings. The maximum Gasteiger partial charge on any atom is 0.222 e. The summed E-state index contributed by atoms with van der Waals surface area (Å²) in [6.07, 6.45) is 1.68. The summed E-state index contributed by atoms with van der Waals surface area (Å²) in [5, 5.41) is 0. The number of carbonyl (C=O) groups excluding carboxylic acids is 1. The minimum Gasteiger partial charge on any atom is -0.337 e. The molecule has 2 fully saturated rings. The van der Waals surface area contributed by atoms with E-state index >= 15 is 0 Å². The van der Waals surface area contributed by atoms with Gasteiger partial charge in [-0.15, -0.1) is 11.8 Å². The van der Waals surface area contributed by atoms with E-state index in [2.05, 4.69) is 37.4 Å². The van der Waals surface area contributed by atoms with Crippen LogP contribution in [-0.4, -0.2) is 52.5 Å². The SMILES string of the molecule is CCCC(=O)N1CC2(C1)SCCN2CC(C)C. The molecule has 17 heavy (non-hydrogen) atoms. The second kappa shape index (κ2) is 5.19. The van der Waals surface area contributed by atoms with Gasteiger partial charge in [-0.05, 0) is 12.3 Å². The van der Waals surface area contributed by atoms with E-state index in [1.54, 1.807) is 0 Å². The molecule has 0 atom stereocenters. The van der Waals surface area contributed by atoms with Crippen LogP contribution < -0.4 is 0 Å². The molecule has 1 amide bonds. The van der Waals surface area contributed by atoms with Gasteiger partial charge in [0.05, 0.1) is 13.1 Å². The fraction of sp³-hybridized carbons (Fsp3) is 0.923. The maximum atomic E-state index is 11.8. The highest BCUT2D eigenvalue weighted by Gasteiger charge is 2.52. The predicted octanol–water partition coefficient (Wildman–Crippen LogP) is 2.03. The third kappa shape index (κ3) is 2.63. The van der Waals surface area contributed by atoms with Crippen molar-refractivity contribution < 1.29 is 4.79 Å². The van der Waals surface area contributed by atoms with Crippen molar-refractivity contribution >= 4 is 17.7 Å². The highest BCUT2D eigenvalue weighted by Crippen LogP contribution is 2.43. The van der Waals surface area contributed by atoms with Gasteiger partial charge < -0.3 is 4.90 Å². The minimum absolute atomic E-state index is 0.271. The van der Waals surface area contributed by atoms with Crippen molar-refractivity contribution in [2.75, 3.05) is 31.9 Å². The van der Waals surface area contributed by atoms with E-state index in [1.807, 2.05) is 4.90 Å². The molecule has 0 bridgehead atoms. The first-order valence-electron chi connectivity index (χ1n) is 6.74. The zero-order chi connectivity index (χ0) is 12.5. The number of hydrogen-bond donors (Lipinski definition) is 0. The monoisotopic (exact) mass is 256 g/mol. The Morgan fingerprint density at radius 1 is 1.41 bits per heavy atom. The molecule has 0 aromatic heterocycles. The van der Waals surface area contributed by atoms with Gasteiger partial charge in [-0.25, -0.2) is 0 Å². The molecule has 0 aromatic rings. The van der Waals surface area contributed by atoms with Crippen molar-refractivity contribution in [2.24, 2.45) is 5.92 Å². The first-order chi connectivity index (χ1) is 8.07. The molecule has 2 saturated heterocycles. The van der Waals surface area contributed by atoms with Gasteiger partial charge in [0.1, 0.15) is 4.87 Å². The summed E-state index contributed by atoms with van der Waals surface area (Å²) < 4.78 is 0. The summed E-state index contributed by atoms with van der Waals surface area (Å²) >= 11 is 2.05. The molecule has 2 rings (SSSR count). The Bertz CT molecular complexity index is 287. The molecule has 98 valence electrons. The molecule has 2 aliphatic heterocycles. The Labute approximate surface area is 109 Å². The van der Waals surface area contributed by atoms with Gasteiger partial charge in [0.2, 0.25) is 5.91 Å². The van der Waals surface area contributed by atoms with Crippen LogP contribution in [0, 0.1) is 5.92 Å². The summed E-state index contributed by atoms with van der Waals surface area (Å²) in [5.74, 6) is 2.28. The normalized spacial score (nSPS) is 23.4. The molecule has 2 heterocycles. The average Bonchev–Trinajstić information content (AvgIpc) is 2.58. The third-order valence-corrected chi connectivity index (χ3v) is 5.03. The summed E-state index contributed by atoms with van der Waals surface area (Å²) in [7, 11) is 0. The van der Waals surface area contributed by atoms with Crippen LogP contribution in [0.4, 0.5) is 0 Å². The van der Waals surface area contributed by atoms with Crippen LogP contribution in [0.1, 0.15) is 33.6 Å². The smallest absolute Gasteiger partial charge is 0.222 e. The summed E-state index contributed by atoms with van der Waals surface area (Å²) in [6, 6.07) is 0. The van der Waals surface area contributed by atoms with E-state index in [9.17, 15) is 4.79 Å². The van der Waals surface area contributed by atoms with Crippen LogP contribution in [0.5, 0.6) is 0 Å². The van der Waals surface area contributed by atoms with E-state index in [4.69, 9.17) is 0 Å². The molecule has 0 unspecified atom stereocenters. The van der Waals surface area contributed by atoms with Gasteiger partial charge in [0.25, 0.3) is 0 Å². The van der Waals surface area contributed by atoms with Gasteiger partial charge in [-0.3, -0.25) is 9.69 Å². The number of hydrogen-bond acceptors (Lipinski definition) is 3. The first-order valence-corrected chi connectivity index (χ1v) is 7.73. The quantitative estimate of drug-likeness (QED) is 0.769. The molecule has 0 saturated carbocycles. The standard InChI is InChI=1S/C13H24N2OS/c1-4-5-12(16)14-9-13(10-14)15(6-7-17-13)8-11(2)3/h11H,4-10H2,1-3H3. The fourth-order valence-corrected chi connectivity index (χ4v) is 4.26. The summed E-state index contributed by atoms with van der Waals surface area (Å²) in [5.41, 5.74) is 0. The average molecular weight is 256 g/mol. The van der Waals surface area contributed by atoms with Crippen molar-refractivity contribution in [3.63, 3.8) is 0 Å². The van der Waals surface area contributed by atoms with E-state index in [-0.39, 0.29) is 4.87 Å². The second-order valence-electron chi connectivity index (χ2n) is 5.63. The van der Waals surface area contributed by atoms with E-state index < -0.39 is 0 Å². The van der Waals surface area contributed by atoms with E-state index in [1.165, 1.54) is 18.8 Å². The number of rotatable bonds is 4. The summed E-state index contributed by atoms with van der Waals surface area (Å²) in [4.78, 5) is 16.7. The van der Waals surface area contributed by atoms with Crippen LogP contribution in [0.15, 0.2) is 0 Å². The third-order valence-electron chi connectivity index (χ3n) is 3.59. The van der Waals surface area contributed by atoms with E-state index in [0.29, 0.717) is 18.2 Å². The Hall–Kier alpha value is -0.220. The van der Waals surface area contributed by atoms with Gasteiger partial charge in [-0.1, -0.05) is 20.8 Å². The molecule has 3 nitrogen and oxygen atoms in total. The lowest BCUT2D eigenvalue weighted by Crippen LogP contribution is -2.67. The Morgan fingerprint density at radius 3 is 2.71 bits per heavy atom. The van der Waals surface area contributed by atoms with Crippen LogP contribution in [-0.2, 0) is 4.79 Å². The molecule has 0 aliphatic carbocycles. The van der Waals surface area contributed by atoms with E-state index in [0.717, 1.165) is 19.5 Å². The van der Waals surface area contributed by atoms with Crippen LogP contribution in [0.3, 0.4) is 0 Å². The van der Waals surface area contributed by atoms with Crippen LogP contribution in [0.25, 0.3) is 0 Å². The highest BCUT2D eigenvalue weighted by molar-refractivity contribution is 8.01. The Morgan fingerprint density at radius 2 is 2.12 bits per heavy atom. The van der Waals surface area contributed by atoms with Crippen molar-refractivity contribution in [1.82, 2.24) is 9.80 Å². The molecular formula is C13H24N2OS. The minimum atomic E-state index is 0.271. The lowest BCUT2D eigenvalue weighted by molar-refractivity contribution is -0.140. The van der Waals surface area contributed by atoms with Gasteiger partial charge in [-0.2, -0.15) is 0 Å². The lowest BCUT2D eigenvalue weighted by atomic mass is 10.0.